The van der Waals surface area contributed by atoms with Crippen molar-refractivity contribution in [3.8, 4) is 16.9 Å². The molecule has 0 saturated heterocycles. The molecule has 7 heteroatoms. The maximum absolute atomic E-state index is 12.5. The second-order valence-electron chi connectivity index (χ2n) is 5.94. The first-order valence-electron chi connectivity index (χ1n) is 7.74. The smallest absolute Gasteiger partial charge is 0.324 e. The van der Waals surface area contributed by atoms with E-state index in [0.29, 0.717) is 0 Å². The van der Waals surface area contributed by atoms with Crippen LogP contribution in [0.15, 0.2) is 53.4 Å². The van der Waals surface area contributed by atoms with Gasteiger partial charge in [0.2, 0.25) is 10.0 Å². The molecule has 0 aliphatic heterocycles. The minimum Gasteiger partial charge on any atom is -0.508 e. The summed E-state index contributed by atoms with van der Waals surface area (Å²) in [5.74, 6) is -0.715. The van der Waals surface area contributed by atoms with Gasteiger partial charge in [0.1, 0.15) is 11.8 Å². The average Bonchev–Trinajstić information content (AvgIpc) is 2.59. The predicted octanol–water partition coefficient (Wildman–Crippen LogP) is 2.54. The van der Waals surface area contributed by atoms with Crippen molar-refractivity contribution in [3.63, 3.8) is 0 Å². The van der Waals surface area contributed by atoms with Gasteiger partial charge in [0.25, 0.3) is 0 Å². The highest BCUT2D eigenvalue weighted by Crippen LogP contribution is 2.23. The lowest BCUT2D eigenvalue weighted by atomic mass is 10.1. The summed E-state index contributed by atoms with van der Waals surface area (Å²) in [6.07, 6.45) is 0. The summed E-state index contributed by atoms with van der Waals surface area (Å²) in [6.45, 7) is 3.47. The van der Waals surface area contributed by atoms with Gasteiger partial charge in [-0.05, 0) is 41.3 Å². The lowest BCUT2D eigenvalue weighted by Crippen LogP contribution is -2.44. The van der Waals surface area contributed by atoms with E-state index in [2.05, 4.69) is 9.46 Å². The van der Waals surface area contributed by atoms with Crippen molar-refractivity contribution in [2.45, 2.75) is 24.8 Å². The molecule has 0 bridgehead atoms. The van der Waals surface area contributed by atoms with Gasteiger partial charge in [-0.25, -0.2) is 8.42 Å². The van der Waals surface area contributed by atoms with E-state index < -0.39 is 22.0 Å². The molecule has 2 aromatic rings. The van der Waals surface area contributed by atoms with E-state index in [1.54, 1.807) is 50.2 Å². The fourth-order valence-electron chi connectivity index (χ4n) is 2.30. The molecule has 0 aliphatic carbocycles. The van der Waals surface area contributed by atoms with Gasteiger partial charge < -0.3 is 9.84 Å². The predicted molar refractivity (Wildman–Crippen MR) is 94.5 cm³/mol. The van der Waals surface area contributed by atoms with E-state index in [4.69, 9.17) is 0 Å². The van der Waals surface area contributed by atoms with E-state index in [9.17, 15) is 18.3 Å². The molecule has 1 unspecified atom stereocenters. The maximum atomic E-state index is 12.5. The van der Waals surface area contributed by atoms with Gasteiger partial charge in [-0.1, -0.05) is 38.1 Å². The van der Waals surface area contributed by atoms with Crippen LogP contribution in [-0.4, -0.2) is 32.6 Å². The normalized spacial score (nSPS) is 12.8. The molecular formula is C18H21NO5S. The van der Waals surface area contributed by atoms with Crippen molar-refractivity contribution in [1.29, 1.82) is 0 Å². The van der Waals surface area contributed by atoms with Crippen LogP contribution in [0.5, 0.6) is 5.75 Å². The van der Waals surface area contributed by atoms with Crippen LogP contribution in [-0.2, 0) is 19.6 Å². The highest BCUT2D eigenvalue weighted by molar-refractivity contribution is 7.89. The van der Waals surface area contributed by atoms with Crippen LogP contribution in [0.3, 0.4) is 0 Å². The van der Waals surface area contributed by atoms with Crippen LogP contribution in [0, 0.1) is 5.92 Å². The third kappa shape index (κ3) is 4.58. The number of phenolic OH excluding ortho intramolecular Hbond substituents is 1. The van der Waals surface area contributed by atoms with Gasteiger partial charge in [0, 0.05) is 0 Å². The number of rotatable bonds is 6. The number of nitrogens with one attached hydrogen (secondary N) is 1. The molecule has 2 aromatic carbocycles. The quantitative estimate of drug-likeness (QED) is 0.770. The number of phenols is 1. The molecule has 0 spiro atoms. The SMILES string of the molecule is COC(=O)C(NS(=O)(=O)c1ccc(-c2ccc(O)cc2)cc1)C(C)C. The molecule has 0 aliphatic rings. The second-order valence-corrected chi connectivity index (χ2v) is 7.65. The van der Waals surface area contributed by atoms with E-state index in [0.717, 1.165) is 11.1 Å². The molecule has 2 rings (SSSR count). The van der Waals surface area contributed by atoms with Crippen LogP contribution in [0.2, 0.25) is 0 Å². The lowest BCUT2D eigenvalue weighted by molar-refractivity contribution is -0.143. The molecule has 0 saturated carbocycles. The zero-order chi connectivity index (χ0) is 18.6. The number of carbonyl (C=O) groups excluding carboxylic acids is 1. The summed E-state index contributed by atoms with van der Waals surface area (Å²) in [5.41, 5.74) is 1.66. The Kier molecular flexibility index (Phi) is 5.81. The van der Waals surface area contributed by atoms with Crippen LogP contribution in [0.1, 0.15) is 13.8 Å². The molecule has 0 aromatic heterocycles. The lowest BCUT2D eigenvalue weighted by Gasteiger charge is -2.19. The number of esters is 1. The van der Waals surface area contributed by atoms with Gasteiger partial charge in [-0.3, -0.25) is 4.79 Å². The topological polar surface area (TPSA) is 92.7 Å². The van der Waals surface area contributed by atoms with Crippen molar-refractivity contribution < 1.29 is 23.1 Å². The van der Waals surface area contributed by atoms with Crippen LogP contribution < -0.4 is 4.72 Å². The zero-order valence-electron chi connectivity index (χ0n) is 14.3. The number of hydrogen-bond donors (Lipinski definition) is 2. The first-order chi connectivity index (χ1) is 11.7. The summed E-state index contributed by atoms with van der Waals surface area (Å²) in [5, 5.41) is 9.32. The summed E-state index contributed by atoms with van der Waals surface area (Å²) in [7, 11) is -2.64. The van der Waals surface area contributed by atoms with E-state index >= 15 is 0 Å². The fraction of sp³-hybridized carbons (Fsp3) is 0.278. The Morgan fingerprint density at radius 3 is 1.92 bits per heavy atom. The van der Waals surface area contributed by atoms with Crippen molar-refractivity contribution >= 4 is 16.0 Å². The van der Waals surface area contributed by atoms with Crippen molar-refractivity contribution in [1.82, 2.24) is 4.72 Å². The van der Waals surface area contributed by atoms with E-state index in [1.807, 2.05) is 0 Å². The van der Waals surface area contributed by atoms with Gasteiger partial charge >= 0.3 is 5.97 Å². The Bertz CT molecular complexity index is 827. The number of benzene rings is 2. The average molecular weight is 363 g/mol. The van der Waals surface area contributed by atoms with Gasteiger partial charge in [-0.2, -0.15) is 4.72 Å². The molecule has 0 fully saturated rings. The Morgan fingerprint density at radius 2 is 1.48 bits per heavy atom. The molecular weight excluding hydrogens is 342 g/mol. The molecule has 2 N–H and O–H groups in total. The van der Waals surface area contributed by atoms with Crippen LogP contribution in [0.4, 0.5) is 0 Å². The zero-order valence-corrected chi connectivity index (χ0v) is 15.1. The van der Waals surface area contributed by atoms with Gasteiger partial charge in [0.05, 0.1) is 12.0 Å². The van der Waals surface area contributed by atoms with Gasteiger partial charge in [-0.15, -0.1) is 0 Å². The van der Waals surface area contributed by atoms with E-state index in [1.165, 1.54) is 19.2 Å². The highest BCUT2D eigenvalue weighted by atomic mass is 32.2. The molecule has 1 atom stereocenters. The number of methoxy groups -OCH3 is 1. The molecule has 0 amide bonds. The van der Waals surface area contributed by atoms with Crippen molar-refractivity contribution in [3.05, 3.63) is 48.5 Å². The molecule has 0 radical (unpaired) electrons. The summed E-state index contributed by atoms with van der Waals surface area (Å²) in [6, 6.07) is 11.9. The largest absolute Gasteiger partial charge is 0.508 e. The Hall–Kier alpha value is -2.38. The Balaban J connectivity index is 2.25. The number of sulfonamides is 1. The fourth-order valence-corrected chi connectivity index (χ4v) is 3.63. The summed E-state index contributed by atoms with van der Waals surface area (Å²) in [4.78, 5) is 11.8. The minimum absolute atomic E-state index is 0.0598. The molecule has 134 valence electrons. The van der Waals surface area contributed by atoms with Crippen LogP contribution >= 0.6 is 0 Å². The monoisotopic (exact) mass is 363 g/mol. The Labute approximate surface area is 147 Å². The third-order valence-electron chi connectivity index (χ3n) is 3.77. The van der Waals surface area contributed by atoms with Gasteiger partial charge in [0.15, 0.2) is 0 Å². The standard InChI is InChI=1S/C18H21NO5S/c1-12(2)17(18(21)24-3)19-25(22,23)16-10-6-14(7-11-16)13-4-8-15(20)9-5-13/h4-12,17,19-20H,1-3H3. The number of hydrogen-bond acceptors (Lipinski definition) is 5. The number of ether oxygens (including phenoxy) is 1. The minimum atomic E-state index is -3.86. The summed E-state index contributed by atoms with van der Waals surface area (Å²) >= 11 is 0. The van der Waals surface area contributed by atoms with Crippen molar-refractivity contribution in [2.24, 2.45) is 5.92 Å². The molecule has 6 nitrogen and oxygen atoms in total. The van der Waals surface area contributed by atoms with Crippen LogP contribution in [0.25, 0.3) is 11.1 Å². The third-order valence-corrected chi connectivity index (χ3v) is 5.23. The number of carbonyl (C=O) groups is 1. The first-order valence-corrected chi connectivity index (χ1v) is 9.22. The number of aromatic hydroxyl groups is 1. The first kappa shape index (κ1) is 19.0. The highest BCUT2D eigenvalue weighted by Gasteiger charge is 2.29. The van der Waals surface area contributed by atoms with Crippen molar-refractivity contribution in [2.75, 3.05) is 7.11 Å². The van der Waals surface area contributed by atoms with E-state index in [-0.39, 0.29) is 16.6 Å². The maximum Gasteiger partial charge on any atom is 0.324 e. The second kappa shape index (κ2) is 7.67. The summed E-state index contributed by atoms with van der Waals surface area (Å²) < 4.78 is 32.1. The molecule has 0 heterocycles. The molecule has 25 heavy (non-hydrogen) atoms. The Morgan fingerprint density at radius 1 is 1.00 bits per heavy atom.